The maximum atomic E-state index is 4.35. The molecule has 0 aliphatic rings. The third-order valence-corrected chi connectivity index (χ3v) is 2.44. The summed E-state index contributed by atoms with van der Waals surface area (Å²) in [5.74, 6) is 1.14. The number of nitrogens with one attached hydrogen (secondary N) is 1. The molecule has 1 rings (SSSR count). The van der Waals surface area contributed by atoms with Gasteiger partial charge < -0.3 is 9.88 Å². The SMILES string of the molecule is CCNCc1nccn1CCC(C)(C)C. The van der Waals surface area contributed by atoms with Crippen molar-refractivity contribution in [3.05, 3.63) is 18.2 Å². The van der Waals surface area contributed by atoms with E-state index in [-0.39, 0.29) is 0 Å². The average molecular weight is 209 g/mol. The molecular formula is C12H23N3. The van der Waals surface area contributed by atoms with Gasteiger partial charge in [0.15, 0.2) is 0 Å². The predicted molar refractivity (Wildman–Crippen MR) is 63.7 cm³/mol. The lowest BCUT2D eigenvalue weighted by molar-refractivity contribution is 0.347. The molecule has 0 fully saturated rings. The van der Waals surface area contributed by atoms with Gasteiger partial charge in [0.25, 0.3) is 0 Å². The number of imidazole rings is 1. The molecule has 1 aromatic rings. The Morgan fingerprint density at radius 3 is 2.73 bits per heavy atom. The minimum atomic E-state index is 0.389. The number of aromatic nitrogens is 2. The van der Waals surface area contributed by atoms with Gasteiger partial charge >= 0.3 is 0 Å². The zero-order valence-corrected chi connectivity index (χ0v) is 10.4. The highest BCUT2D eigenvalue weighted by Crippen LogP contribution is 2.19. The first-order valence-electron chi connectivity index (χ1n) is 5.73. The van der Waals surface area contributed by atoms with Crippen LogP contribution < -0.4 is 5.32 Å². The lowest BCUT2D eigenvalue weighted by Crippen LogP contribution is -2.18. The van der Waals surface area contributed by atoms with Crippen molar-refractivity contribution in [2.45, 2.75) is 47.2 Å². The molecular weight excluding hydrogens is 186 g/mol. The van der Waals surface area contributed by atoms with E-state index in [0.29, 0.717) is 5.41 Å². The smallest absolute Gasteiger partial charge is 0.122 e. The molecule has 0 saturated heterocycles. The Bertz CT molecular complexity index is 283. The lowest BCUT2D eigenvalue weighted by Gasteiger charge is -2.19. The minimum Gasteiger partial charge on any atom is -0.334 e. The summed E-state index contributed by atoms with van der Waals surface area (Å²) in [6.07, 6.45) is 5.14. The molecule has 15 heavy (non-hydrogen) atoms. The van der Waals surface area contributed by atoms with Crippen molar-refractivity contribution in [3.8, 4) is 0 Å². The number of hydrogen-bond acceptors (Lipinski definition) is 2. The molecule has 1 heterocycles. The van der Waals surface area contributed by atoms with Crippen LogP contribution in [0.25, 0.3) is 0 Å². The number of hydrogen-bond donors (Lipinski definition) is 1. The summed E-state index contributed by atoms with van der Waals surface area (Å²) in [5, 5.41) is 3.30. The molecule has 0 aliphatic carbocycles. The quantitative estimate of drug-likeness (QED) is 0.807. The van der Waals surface area contributed by atoms with E-state index in [0.717, 1.165) is 25.5 Å². The van der Waals surface area contributed by atoms with Crippen LogP contribution in [-0.2, 0) is 13.1 Å². The van der Waals surface area contributed by atoms with E-state index in [1.54, 1.807) is 0 Å². The van der Waals surface area contributed by atoms with Gasteiger partial charge in [-0.25, -0.2) is 4.98 Å². The van der Waals surface area contributed by atoms with Gasteiger partial charge in [0.1, 0.15) is 5.82 Å². The van der Waals surface area contributed by atoms with Crippen molar-refractivity contribution in [1.29, 1.82) is 0 Å². The first kappa shape index (κ1) is 12.2. The van der Waals surface area contributed by atoms with Crippen molar-refractivity contribution in [2.24, 2.45) is 5.41 Å². The van der Waals surface area contributed by atoms with E-state index in [1.807, 2.05) is 6.20 Å². The predicted octanol–water partition coefficient (Wildman–Crippen LogP) is 2.43. The number of nitrogens with zero attached hydrogens (tertiary/aromatic N) is 2. The summed E-state index contributed by atoms with van der Waals surface area (Å²) < 4.78 is 2.24. The van der Waals surface area contributed by atoms with E-state index in [2.05, 4.69) is 48.8 Å². The summed E-state index contributed by atoms with van der Waals surface area (Å²) in [4.78, 5) is 4.35. The molecule has 0 radical (unpaired) electrons. The highest BCUT2D eigenvalue weighted by Gasteiger charge is 2.11. The summed E-state index contributed by atoms with van der Waals surface area (Å²) in [7, 11) is 0. The van der Waals surface area contributed by atoms with Crippen LogP contribution in [0.5, 0.6) is 0 Å². The normalized spacial score (nSPS) is 12.0. The van der Waals surface area contributed by atoms with Crippen LogP contribution in [0, 0.1) is 5.41 Å². The first-order valence-corrected chi connectivity index (χ1v) is 5.73. The van der Waals surface area contributed by atoms with Gasteiger partial charge in [-0.2, -0.15) is 0 Å². The zero-order valence-electron chi connectivity index (χ0n) is 10.4. The van der Waals surface area contributed by atoms with Crippen molar-refractivity contribution in [3.63, 3.8) is 0 Å². The fourth-order valence-corrected chi connectivity index (χ4v) is 1.40. The Morgan fingerprint density at radius 1 is 1.40 bits per heavy atom. The van der Waals surface area contributed by atoms with E-state index in [4.69, 9.17) is 0 Å². The second-order valence-corrected chi connectivity index (χ2v) is 5.13. The van der Waals surface area contributed by atoms with Gasteiger partial charge in [0.05, 0.1) is 6.54 Å². The molecule has 1 aromatic heterocycles. The van der Waals surface area contributed by atoms with Gasteiger partial charge in [-0.15, -0.1) is 0 Å². The molecule has 0 aromatic carbocycles. The molecule has 0 bridgehead atoms. The third kappa shape index (κ3) is 4.47. The van der Waals surface area contributed by atoms with Crippen LogP contribution in [0.1, 0.15) is 39.9 Å². The maximum absolute atomic E-state index is 4.35. The van der Waals surface area contributed by atoms with Gasteiger partial charge in [-0.3, -0.25) is 0 Å². The zero-order chi connectivity index (χ0) is 11.3. The molecule has 86 valence electrons. The van der Waals surface area contributed by atoms with Crippen LogP contribution in [0.4, 0.5) is 0 Å². The molecule has 0 amide bonds. The number of aryl methyl sites for hydroxylation is 1. The van der Waals surface area contributed by atoms with Crippen molar-refractivity contribution < 1.29 is 0 Å². The van der Waals surface area contributed by atoms with Gasteiger partial charge in [-0.05, 0) is 18.4 Å². The van der Waals surface area contributed by atoms with Crippen molar-refractivity contribution in [2.75, 3.05) is 6.54 Å². The second-order valence-electron chi connectivity index (χ2n) is 5.13. The molecule has 1 N–H and O–H groups in total. The first-order chi connectivity index (χ1) is 7.03. The van der Waals surface area contributed by atoms with Crippen molar-refractivity contribution >= 4 is 0 Å². The van der Waals surface area contributed by atoms with E-state index >= 15 is 0 Å². The van der Waals surface area contributed by atoms with Gasteiger partial charge in [0.2, 0.25) is 0 Å². The fourth-order valence-electron chi connectivity index (χ4n) is 1.40. The Hall–Kier alpha value is -0.830. The monoisotopic (exact) mass is 209 g/mol. The Labute approximate surface area is 92.9 Å². The summed E-state index contributed by atoms with van der Waals surface area (Å²) in [6, 6.07) is 0. The molecule has 0 aliphatic heterocycles. The highest BCUT2D eigenvalue weighted by molar-refractivity contribution is 4.92. The van der Waals surface area contributed by atoms with Gasteiger partial charge in [-0.1, -0.05) is 27.7 Å². The Kier molecular flexibility index (Phi) is 4.33. The maximum Gasteiger partial charge on any atom is 0.122 e. The molecule has 0 unspecified atom stereocenters. The van der Waals surface area contributed by atoms with Crippen LogP contribution >= 0.6 is 0 Å². The third-order valence-electron chi connectivity index (χ3n) is 2.44. The van der Waals surface area contributed by atoms with Gasteiger partial charge in [0, 0.05) is 18.9 Å². The Morgan fingerprint density at radius 2 is 2.13 bits per heavy atom. The Balaban J connectivity index is 2.50. The molecule has 0 spiro atoms. The summed E-state index contributed by atoms with van der Waals surface area (Å²) in [5.41, 5.74) is 0.389. The van der Waals surface area contributed by atoms with Crippen molar-refractivity contribution in [1.82, 2.24) is 14.9 Å². The average Bonchev–Trinajstić information content (AvgIpc) is 2.57. The lowest BCUT2D eigenvalue weighted by atomic mass is 9.92. The minimum absolute atomic E-state index is 0.389. The largest absolute Gasteiger partial charge is 0.334 e. The van der Waals surface area contributed by atoms with Crippen LogP contribution in [0.3, 0.4) is 0 Å². The van der Waals surface area contributed by atoms with E-state index in [9.17, 15) is 0 Å². The number of rotatable bonds is 5. The molecule has 3 heteroatoms. The van der Waals surface area contributed by atoms with Crippen LogP contribution in [0.2, 0.25) is 0 Å². The van der Waals surface area contributed by atoms with E-state index < -0.39 is 0 Å². The summed E-state index contributed by atoms with van der Waals surface area (Å²) in [6.45, 7) is 11.8. The topological polar surface area (TPSA) is 29.9 Å². The second kappa shape index (κ2) is 5.31. The highest BCUT2D eigenvalue weighted by atomic mass is 15.1. The van der Waals surface area contributed by atoms with Crippen LogP contribution in [-0.4, -0.2) is 16.1 Å². The standard InChI is InChI=1S/C12H23N3/c1-5-13-10-11-14-7-9-15(11)8-6-12(2,3)4/h7,9,13H,5-6,8,10H2,1-4H3. The van der Waals surface area contributed by atoms with Crippen LogP contribution in [0.15, 0.2) is 12.4 Å². The van der Waals surface area contributed by atoms with E-state index in [1.165, 1.54) is 6.42 Å². The molecule has 0 saturated carbocycles. The fraction of sp³-hybridized carbons (Fsp3) is 0.750. The summed E-state index contributed by atoms with van der Waals surface area (Å²) >= 11 is 0. The molecule has 0 atom stereocenters. The molecule has 3 nitrogen and oxygen atoms in total.